The third-order valence-electron chi connectivity index (χ3n) is 3.74. The Morgan fingerprint density at radius 3 is 2.68 bits per heavy atom. The second-order valence-electron chi connectivity index (χ2n) is 4.98. The minimum atomic E-state index is 0.0534. The third kappa shape index (κ3) is 1.55. The molecule has 0 N–H and O–H groups in total. The van der Waals surface area contributed by atoms with Crippen LogP contribution in [0.2, 0.25) is 0 Å². The standard InChI is InChI=1S/C14H17N3O2/c1-15(2)17-8-11-10-7-9(19-4)5-6-12(10)16(3)13(11)14(17)18/h5-7H,8H2,1-4H3. The molecule has 1 aliphatic rings. The summed E-state index contributed by atoms with van der Waals surface area (Å²) in [6, 6.07) is 5.92. The van der Waals surface area contributed by atoms with Crippen molar-refractivity contribution in [2.75, 3.05) is 21.2 Å². The molecule has 0 saturated carbocycles. The van der Waals surface area contributed by atoms with Crippen LogP contribution in [0.4, 0.5) is 0 Å². The van der Waals surface area contributed by atoms with Crippen LogP contribution in [0.3, 0.4) is 0 Å². The minimum absolute atomic E-state index is 0.0534. The van der Waals surface area contributed by atoms with E-state index in [1.165, 1.54) is 0 Å². The van der Waals surface area contributed by atoms with Gasteiger partial charge in [0.1, 0.15) is 11.4 Å². The molecule has 1 aromatic heterocycles. The number of hydrogen-bond acceptors (Lipinski definition) is 3. The van der Waals surface area contributed by atoms with E-state index in [2.05, 4.69) is 0 Å². The number of fused-ring (bicyclic) bond motifs is 3. The second kappa shape index (κ2) is 3.99. The van der Waals surface area contributed by atoms with E-state index in [-0.39, 0.29) is 5.91 Å². The van der Waals surface area contributed by atoms with Gasteiger partial charge in [0.15, 0.2) is 0 Å². The number of rotatable bonds is 2. The number of amides is 1. The molecule has 1 aromatic carbocycles. The summed E-state index contributed by atoms with van der Waals surface area (Å²) >= 11 is 0. The molecule has 0 bridgehead atoms. The van der Waals surface area contributed by atoms with Crippen LogP contribution in [0.25, 0.3) is 10.9 Å². The quantitative estimate of drug-likeness (QED) is 0.822. The largest absolute Gasteiger partial charge is 0.497 e. The molecule has 2 heterocycles. The fourth-order valence-electron chi connectivity index (χ4n) is 2.73. The summed E-state index contributed by atoms with van der Waals surface area (Å²) in [5.74, 6) is 0.870. The van der Waals surface area contributed by atoms with E-state index in [4.69, 9.17) is 4.74 Å². The summed E-state index contributed by atoms with van der Waals surface area (Å²) in [5, 5.41) is 4.66. The Bertz CT molecular complexity index is 673. The van der Waals surface area contributed by atoms with E-state index >= 15 is 0 Å². The number of ether oxygens (including phenoxy) is 1. The molecule has 0 atom stereocenters. The van der Waals surface area contributed by atoms with Crippen molar-refractivity contribution >= 4 is 16.8 Å². The predicted molar refractivity (Wildman–Crippen MR) is 73.0 cm³/mol. The van der Waals surface area contributed by atoms with Gasteiger partial charge < -0.3 is 9.30 Å². The SMILES string of the molecule is COc1ccc2c(c1)c1c(n2C)C(=O)N(N(C)C)C1. The Morgan fingerprint density at radius 1 is 1.32 bits per heavy atom. The monoisotopic (exact) mass is 259 g/mol. The Hall–Kier alpha value is -2.01. The lowest BCUT2D eigenvalue weighted by molar-refractivity contribution is 0.0218. The predicted octanol–water partition coefficient (Wildman–Crippen LogP) is 1.62. The van der Waals surface area contributed by atoms with Crippen molar-refractivity contribution in [1.82, 2.24) is 14.6 Å². The van der Waals surface area contributed by atoms with Crippen molar-refractivity contribution < 1.29 is 9.53 Å². The molecule has 0 fully saturated rings. The first-order chi connectivity index (χ1) is 9.04. The summed E-state index contributed by atoms with van der Waals surface area (Å²) in [7, 11) is 7.35. The van der Waals surface area contributed by atoms with Crippen LogP contribution in [0, 0.1) is 0 Å². The van der Waals surface area contributed by atoms with Crippen molar-refractivity contribution in [3.8, 4) is 5.75 Å². The lowest BCUT2D eigenvalue weighted by atomic mass is 10.1. The number of carbonyl (C=O) groups is 1. The molecule has 1 aliphatic heterocycles. The molecule has 0 radical (unpaired) electrons. The molecule has 0 aliphatic carbocycles. The zero-order chi connectivity index (χ0) is 13.7. The maximum atomic E-state index is 12.4. The van der Waals surface area contributed by atoms with Gasteiger partial charge in [0.25, 0.3) is 5.91 Å². The molecule has 100 valence electrons. The van der Waals surface area contributed by atoms with E-state index in [9.17, 15) is 4.79 Å². The zero-order valence-corrected chi connectivity index (χ0v) is 11.6. The smallest absolute Gasteiger partial charge is 0.285 e. The molecule has 19 heavy (non-hydrogen) atoms. The van der Waals surface area contributed by atoms with Gasteiger partial charge in [-0.05, 0) is 18.2 Å². The molecule has 0 spiro atoms. The van der Waals surface area contributed by atoms with Crippen LogP contribution in [-0.2, 0) is 13.6 Å². The number of benzene rings is 1. The molecule has 5 heteroatoms. The van der Waals surface area contributed by atoms with Gasteiger partial charge in [0, 0.05) is 37.6 Å². The Morgan fingerprint density at radius 2 is 2.05 bits per heavy atom. The van der Waals surface area contributed by atoms with Gasteiger partial charge in [0.05, 0.1) is 13.7 Å². The van der Waals surface area contributed by atoms with Crippen LogP contribution >= 0.6 is 0 Å². The normalized spacial score (nSPS) is 14.6. The fourth-order valence-corrected chi connectivity index (χ4v) is 2.73. The van der Waals surface area contributed by atoms with Crippen molar-refractivity contribution in [3.05, 3.63) is 29.5 Å². The molecule has 3 rings (SSSR count). The van der Waals surface area contributed by atoms with Gasteiger partial charge in [-0.2, -0.15) is 0 Å². The number of carbonyl (C=O) groups excluding carboxylic acids is 1. The van der Waals surface area contributed by atoms with Gasteiger partial charge in [-0.15, -0.1) is 0 Å². The highest BCUT2D eigenvalue weighted by Gasteiger charge is 2.34. The Labute approximate surface area is 111 Å². The highest BCUT2D eigenvalue weighted by Crippen LogP contribution is 2.34. The first-order valence-electron chi connectivity index (χ1n) is 6.19. The van der Waals surface area contributed by atoms with Gasteiger partial charge in [-0.25, -0.2) is 5.01 Å². The number of hydrazine groups is 1. The Kier molecular flexibility index (Phi) is 2.53. The minimum Gasteiger partial charge on any atom is -0.497 e. The molecule has 1 amide bonds. The van der Waals surface area contributed by atoms with Crippen molar-refractivity contribution in [3.63, 3.8) is 0 Å². The summed E-state index contributed by atoms with van der Waals surface area (Å²) in [4.78, 5) is 12.4. The van der Waals surface area contributed by atoms with Crippen LogP contribution < -0.4 is 4.74 Å². The maximum absolute atomic E-state index is 12.4. The highest BCUT2D eigenvalue weighted by atomic mass is 16.5. The van der Waals surface area contributed by atoms with Gasteiger partial charge in [-0.1, -0.05) is 0 Å². The molecular weight excluding hydrogens is 242 g/mol. The molecule has 0 saturated heterocycles. The van der Waals surface area contributed by atoms with Crippen molar-refractivity contribution in [2.24, 2.45) is 7.05 Å². The van der Waals surface area contributed by atoms with E-state index in [0.717, 1.165) is 27.9 Å². The molecule has 2 aromatic rings. The third-order valence-corrected chi connectivity index (χ3v) is 3.74. The average molecular weight is 259 g/mol. The fraction of sp³-hybridized carbons (Fsp3) is 0.357. The number of aryl methyl sites for hydroxylation is 1. The summed E-state index contributed by atoms with van der Waals surface area (Å²) in [6.07, 6.45) is 0. The van der Waals surface area contributed by atoms with E-state index < -0.39 is 0 Å². The lowest BCUT2D eigenvalue weighted by Gasteiger charge is -2.23. The van der Waals surface area contributed by atoms with Gasteiger partial charge in [0.2, 0.25) is 0 Å². The Balaban J connectivity index is 2.23. The van der Waals surface area contributed by atoms with Crippen LogP contribution in [0.15, 0.2) is 18.2 Å². The topological polar surface area (TPSA) is 37.7 Å². The first kappa shape index (κ1) is 12.0. The lowest BCUT2D eigenvalue weighted by Crippen LogP contribution is -2.37. The number of aromatic nitrogens is 1. The maximum Gasteiger partial charge on any atom is 0.285 e. The average Bonchev–Trinajstić information content (AvgIpc) is 2.87. The first-order valence-corrected chi connectivity index (χ1v) is 6.19. The van der Waals surface area contributed by atoms with Gasteiger partial charge >= 0.3 is 0 Å². The van der Waals surface area contributed by atoms with E-state index in [1.807, 2.05) is 48.9 Å². The van der Waals surface area contributed by atoms with Crippen LogP contribution in [-0.4, -0.2) is 41.7 Å². The molecule has 0 unspecified atom stereocenters. The second-order valence-corrected chi connectivity index (χ2v) is 4.98. The van der Waals surface area contributed by atoms with Crippen molar-refractivity contribution in [2.45, 2.75) is 6.54 Å². The highest BCUT2D eigenvalue weighted by molar-refractivity contribution is 6.04. The van der Waals surface area contributed by atoms with Crippen molar-refractivity contribution in [1.29, 1.82) is 0 Å². The zero-order valence-electron chi connectivity index (χ0n) is 11.6. The number of nitrogens with zero attached hydrogens (tertiary/aromatic N) is 3. The summed E-state index contributed by atoms with van der Waals surface area (Å²) < 4.78 is 7.24. The van der Waals surface area contributed by atoms with Gasteiger partial charge in [-0.3, -0.25) is 9.80 Å². The summed E-state index contributed by atoms with van der Waals surface area (Å²) in [6.45, 7) is 0.617. The van der Waals surface area contributed by atoms with Crippen LogP contribution in [0.1, 0.15) is 16.1 Å². The molecule has 5 nitrogen and oxygen atoms in total. The number of methoxy groups -OCH3 is 1. The van der Waals surface area contributed by atoms with Crippen LogP contribution in [0.5, 0.6) is 5.75 Å². The van der Waals surface area contributed by atoms with E-state index in [1.54, 1.807) is 12.1 Å². The number of hydrogen-bond donors (Lipinski definition) is 0. The summed E-state index contributed by atoms with van der Waals surface area (Å²) in [5.41, 5.74) is 2.92. The molecular formula is C14H17N3O2. The van der Waals surface area contributed by atoms with E-state index in [0.29, 0.717) is 6.54 Å².